The van der Waals surface area contributed by atoms with E-state index < -0.39 is 18.0 Å². The van der Waals surface area contributed by atoms with Crippen molar-refractivity contribution in [3.8, 4) is 0 Å². The molecule has 0 radical (unpaired) electrons. The van der Waals surface area contributed by atoms with E-state index in [4.69, 9.17) is 5.11 Å². The van der Waals surface area contributed by atoms with E-state index in [1.165, 1.54) is 30.3 Å². The van der Waals surface area contributed by atoms with Crippen LogP contribution in [0.1, 0.15) is 50.5 Å². The second-order valence-electron chi connectivity index (χ2n) is 7.12. The number of benzene rings is 1. The number of carboxylic acids is 1. The Balaban J connectivity index is 1.80. The summed E-state index contributed by atoms with van der Waals surface area (Å²) in [5, 5.41) is 18.6. The first-order chi connectivity index (χ1) is 12.9. The molecule has 0 aliphatic carbocycles. The van der Waals surface area contributed by atoms with E-state index in [0.29, 0.717) is 6.42 Å². The summed E-state index contributed by atoms with van der Waals surface area (Å²) in [4.78, 5) is 12.7. The standard InChI is InChI=1S/C21H29F2NO3/c22-21(23,17-9-4-3-5-10-17)19(25)14-13-18-11-8-16-24(18)15-7-2-1-6-12-20(26)27/h3-5,9-10,13-14,18-19,25H,1-2,6-8,11-12,15-16H2,(H,26,27)/b14-13+/t18-,19-/m1/s1. The van der Waals surface area contributed by atoms with Gasteiger partial charge in [-0.3, -0.25) is 9.69 Å². The van der Waals surface area contributed by atoms with Crippen LogP contribution in [0, 0.1) is 0 Å². The SMILES string of the molecule is O=C(O)CCCCCCN1CCC[C@@H]1/C=C/[C@@H](O)C(F)(F)c1ccccc1. The van der Waals surface area contributed by atoms with E-state index in [1.807, 2.05) is 0 Å². The molecule has 1 aliphatic rings. The number of rotatable bonds is 11. The zero-order valence-corrected chi connectivity index (χ0v) is 15.6. The third kappa shape index (κ3) is 6.70. The van der Waals surface area contributed by atoms with Crippen molar-refractivity contribution in [2.75, 3.05) is 13.1 Å². The van der Waals surface area contributed by atoms with Crippen molar-refractivity contribution in [1.82, 2.24) is 4.90 Å². The van der Waals surface area contributed by atoms with Crippen molar-refractivity contribution in [3.05, 3.63) is 48.0 Å². The first-order valence-corrected chi connectivity index (χ1v) is 9.67. The molecular formula is C21H29F2NO3. The molecule has 27 heavy (non-hydrogen) atoms. The maximum atomic E-state index is 14.3. The van der Waals surface area contributed by atoms with Gasteiger partial charge in [0.25, 0.3) is 0 Å². The topological polar surface area (TPSA) is 60.8 Å². The van der Waals surface area contributed by atoms with Gasteiger partial charge in [0.05, 0.1) is 0 Å². The number of carbonyl (C=O) groups is 1. The highest BCUT2D eigenvalue weighted by molar-refractivity contribution is 5.66. The molecule has 1 fully saturated rings. The highest BCUT2D eigenvalue weighted by Crippen LogP contribution is 2.32. The minimum absolute atomic E-state index is 0.0743. The molecule has 0 unspecified atom stereocenters. The molecule has 0 saturated carbocycles. The Morgan fingerprint density at radius 2 is 1.93 bits per heavy atom. The van der Waals surface area contributed by atoms with Crippen molar-refractivity contribution >= 4 is 5.97 Å². The minimum atomic E-state index is -3.31. The first-order valence-electron chi connectivity index (χ1n) is 9.67. The number of halogens is 2. The molecule has 1 aromatic rings. The number of aliphatic hydroxyl groups excluding tert-OH is 1. The van der Waals surface area contributed by atoms with Gasteiger partial charge in [-0.15, -0.1) is 0 Å². The fourth-order valence-corrected chi connectivity index (χ4v) is 3.48. The zero-order chi connectivity index (χ0) is 19.7. The summed E-state index contributed by atoms with van der Waals surface area (Å²) in [6, 6.07) is 7.46. The molecule has 0 amide bonds. The Labute approximate surface area is 159 Å². The summed E-state index contributed by atoms with van der Waals surface area (Å²) >= 11 is 0. The Morgan fingerprint density at radius 1 is 1.22 bits per heavy atom. The Kier molecular flexibility index (Phi) is 8.38. The van der Waals surface area contributed by atoms with Gasteiger partial charge in [-0.1, -0.05) is 55.3 Å². The van der Waals surface area contributed by atoms with E-state index in [9.17, 15) is 18.7 Å². The van der Waals surface area contributed by atoms with Crippen LogP contribution in [0.25, 0.3) is 0 Å². The molecule has 6 heteroatoms. The van der Waals surface area contributed by atoms with Crippen molar-refractivity contribution in [3.63, 3.8) is 0 Å². The number of carboxylic acid groups (broad SMARTS) is 1. The van der Waals surface area contributed by atoms with Crippen molar-refractivity contribution in [1.29, 1.82) is 0 Å². The quantitative estimate of drug-likeness (QED) is 0.446. The molecule has 0 spiro atoms. The molecule has 4 nitrogen and oxygen atoms in total. The van der Waals surface area contributed by atoms with Crippen LogP contribution in [0.3, 0.4) is 0 Å². The third-order valence-corrected chi connectivity index (χ3v) is 5.05. The number of aliphatic carboxylic acids is 1. The number of likely N-dealkylation sites (tertiary alicyclic amines) is 1. The molecule has 2 N–H and O–H groups in total. The van der Waals surface area contributed by atoms with Crippen LogP contribution >= 0.6 is 0 Å². The normalized spacial score (nSPS) is 19.6. The van der Waals surface area contributed by atoms with Crippen LogP contribution in [0.5, 0.6) is 0 Å². The summed E-state index contributed by atoms with van der Waals surface area (Å²) < 4.78 is 28.7. The van der Waals surface area contributed by atoms with Crippen LogP contribution in [0.2, 0.25) is 0 Å². The van der Waals surface area contributed by atoms with E-state index in [2.05, 4.69) is 4.90 Å². The maximum absolute atomic E-state index is 14.3. The number of alkyl halides is 2. The molecular weight excluding hydrogens is 352 g/mol. The van der Waals surface area contributed by atoms with Crippen LogP contribution in [0.4, 0.5) is 8.78 Å². The molecule has 1 aromatic carbocycles. The van der Waals surface area contributed by atoms with Gasteiger partial charge in [-0.05, 0) is 38.8 Å². The van der Waals surface area contributed by atoms with Gasteiger partial charge in [0.15, 0.2) is 0 Å². The lowest BCUT2D eigenvalue weighted by atomic mass is 10.0. The van der Waals surface area contributed by atoms with Gasteiger partial charge in [-0.25, -0.2) is 0 Å². The molecule has 1 heterocycles. The fourth-order valence-electron chi connectivity index (χ4n) is 3.48. The second kappa shape index (κ2) is 10.5. The van der Waals surface area contributed by atoms with Gasteiger partial charge in [0, 0.05) is 18.0 Å². The minimum Gasteiger partial charge on any atom is -0.481 e. The lowest BCUT2D eigenvalue weighted by Gasteiger charge is -2.24. The molecule has 1 aliphatic heterocycles. The van der Waals surface area contributed by atoms with E-state index in [0.717, 1.165) is 45.2 Å². The Hall–Kier alpha value is -1.79. The van der Waals surface area contributed by atoms with Gasteiger partial charge in [0.2, 0.25) is 0 Å². The lowest BCUT2D eigenvalue weighted by Crippen LogP contribution is -2.31. The number of hydrogen-bond acceptors (Lipinski definition) is 3. The predicted octanol–water partition coefficient (Wildman–Crippen LogP) is 4.20. The first kappa shape index (κ1) is 21.5. The number of unbranched alkanes of at least 4 members (excludes halogenated alkanes) is 3. The van der Waals surface area contributed by atoms with Gasteiger partial charge in [-0.2, -0.15) is 8.78 Å². The monoisotopic (exact) mass is 381 g/mol. The lowest BCUT2D eigenvalue weighted by molar-refractivity contribution is -0.137. The third-order valence-electron chi connectivity index (χ3n) is 5.05. The average molecular weight is 381 g/mol. The summed E-state index contributed by atoms with van der Waals surface area (Å²) in [5.41, 5.74) is -0.188. The highest BCUT2D eigenvalue weighted by atomic mass is 19.3. The summed E-state index contributed by atoms with van der Waals surface area (Å²) in [6.07, 6.45) is 6.73. The molecule has 0 aromatic heterocycles. The summed E-state index contributed by atoms with van der Waals surface area (Å²) in [5.74, 6) is -4.07. The number of nitrogens with zero attached hydrogens (tertiary/aromatic N) is 1. The predicted molar refractivity (Wildman–Crippen MR) is 101 cm³/mol. The van der Waals surface area contributed by atoms with Crippen molar-refractivity contribution in [2.24, 2.45) is 0 Å². The maximum Gasteiger partial charge on any atom is 0.303 e. The fraction of sp³-hybridized carbons (Fsp3) is 0.571. The van der Waals surface area contributed by atoms with Crippen molar-refractivity contribution < 1.29 is 23.8 Å². The zero-order valence-electron chi connectivity index (χ0n) is 15.6. The molecule has 0 bridgehead atoms. The molecule has 150 valence electrons. The van der Waals surface area contributed by atoms with Crippen LogP contribution in [-0.4, -0.2) is 46.3 Å². The van der Waals surface area contributed by atoms with Crippen LogP contribution in [-0.2, 0) is 10.7 Å². The molecule has 1 saturated heterocycles. The Morgan fingerprint density at radius 3 is 2.63 bits per heavy atom. The second-order valence-corrected chi connectivity index (χ2v) is 7.12. The van der Waals surface area contributed by atoms with Crippen LogP contribution < -0.4 is 0 Å². The largest absolute Gasteiger partial charge is 0.481 e. The number of aliphatic hydroxyl groups is 1. The number of hydrogen-bond donors (Lipinski definition) is 2. The summed E-state index contributed by atoms with van der Waals surface area (Å²) in [7, 11) is 0. The molecule has 2 rings (SSSR count). The van der Waals surface area contributed by atoms with E-state index in [1.54, 1.807) is 12.1 Å². The highest BCUT2D eigenvalue weighted by Gasteiger charge is 2.39. The molecule has 2 atom stereocenters. The van der Waals surface area contributed by atoms with Crippen LogP contribution in [0.15, 0.2) is 42.5 Å². The summed E-state index contributed by atoms with van der Waals surface area (Å²) in [6.45, 7) is 1.79. The van der Waals surface area contributed by atoms with Gasteiger partial charge < -0.3 is 10.2 Å². The van der Waals surface area contributed by atoms with E-state index in [-0.39, 0.29) is 18.0 Å². The van der Waals surface area contributed by atoms with Crippen molar-refractivity contribution in [2.45, 2.75) is 63.0 Å². The van der Waals surface area contributed by atoms with Gasteiger partial charge in [0.1, 0.15) is 6.10 Å². The Bertz CT molecular complexity index is 607. The smallest absolute Gasteiger partial charge is 0.303 e. The van der Waals surface area contributed by atoms with E-state index >= 15 is 0 Å². The van der Waals surface area contributed by atoms with Gasteiger partial charge >= 0.3 is 11.9 Å². The average Bonchev–Trinajstić information content (AvgIpc) is 3.10.